The third-order valence-electron chi connectivity index (χ3n) is 2.57. The van der Waals surface area contributed by atoms with Gasteiger partial charge in [0, 0.05) is 18.0 Å². The molecule has 2 heterocycles. The molecular weight excluding hydrogens is 266 g/mol. The molecule has 0 spiro atoms. The molecule has 0 unspecified atom stereocenters. The lowest BCUT2D eigenvalue weighted by Gasteiger charge is -2.04. The van der Waals surface area contributed by atoms with E-state index in [2.05, 4.69) is 20.3 Å². The lowest BCUT2D eigenvalue weighted by atomic mass is 10.2. The van der Waals surface area contributed by atoms with Crippen LogP contribution in [0.3, 0.4) is 0 Å². The zero-order chi connectivity index (χ0) is 13.0. The van der Waals surface area contributed by atoms with Crippen molar-refractivity contribution in [1.29, 1.82) is 0 Å². The largest absolute Gasteiger partial charge is 0.383 e. The zero-order valence-electron chi connectivity index (χ0n) is 10.8. The summed E-state index contributed by atoms with van der Waals surface area (Å²) in [6, 6.07) is 0. The predicted octanol–water partition coefficient (Wildman–Crippen LogP) is 0.320. The highest BCUT2D eigenvalue weighted by molar-refractivity contribution is 5.85. The minimum absolute atomic E-state index is 0. The number of rotatable bonds is 5. The van der Waals surface area contributed by atoms with E-state index in [4.69, 9.17) is 11.5 Å². The number of hydrogen-bond donors (Lipinski definition) is 2. The lowest BCUT2D eigenvalue weighted by molar-refractivity contribution is 0.646. The fraction of sp³-hybridized carbons (Fsp3) is 0.455. The van der Waals surface area contributed by atoms with Gasteiger partial charge in [-0.15, -0.1) is 17.5 Å². The van der Waals surface area contributed by atoms with Crippen molar-refractivity contribution in [2.45, 2.75) is 26.3 Å². The molecule has 0 saturated heterocycles. The van der Waals surface area contributed by atoms with Crippen LogP contribution in [0.25, 0.3) is 0 Å². The van der Waals surface area contributed by atoms with Gasteiger partial charge in [-0.3, -0.25) is 0 Å². The Morgan fingerprint density at radius 2 is 2.16 bits per heavy atom. The summed E-state index contributed by atoms with van der Waals surface area (Å²) in [5.41, 5.74) is 13.1. The topological polar surface area (TPSA) is 109 Å². The van der Waals surface area contributed by atoms with Crippen molar-refractivity contribution in [3.8, 4) is 0 Å². The molecule has 104 valence electrons. The van der Waals surface area contributed by atoms with Crippen molar-refractivity contribution in [3.05, 3.63) is 29.5 Å². The Kier molecular flexibility index (Phi) is 5.65. The number of aryl methyl sites for hydroxylation is 2. The molecule has 2 aromatic heterocycles. The molecule has 0 aliphatic heterocycles. The number of nitrogen functional groups attached to an aromatic ring is 1. The van der Waals surface area contributed by atoms with E-state index < -0.39 is 0 Å². The lowest BCUT2D eigenvalue weighted by Crippen LogP contribution is -2.07. The van der Waals surface area contributed by atoms with Gasteiger partial charge in [-0.25, -0.2) is 14.6 Å². The second-order valence-corrected chi connectivity index (χ2v) is 4.13. The van der Waals surface area contributed by atoms with Gasteiger partial charge in [0.1, 0.15) is 11.6 Å². The maximum atomic E-state index is 5.83. The van der Waals surface area contributed by atoms with E-state index in [0.29, 0.717) is 24.7 Å². The summed E-state index contributed by atoms with van der Waals surface area (Å²) in [4.78, 5) is 8.24. The molecule has 0 fully saturated rings. The second kappa shape index (κ2) is 7.01. The summed E-state index contributed by atoms with van der Waals surface area (Å²) in [6.45, 7) is 2.99. The summed E-state index contributed by atoms with van der Waals surface area (Å²) in [5.74, 6) is 1.15. The van der Waals surface area contributed by atoms with E-state index in [1.54, 1.807) is 17.8 Å². The Morgan fingerprint density at radius 3 is 2.84 bits per heavy atom. The standard InChI is InChI=1S/C11H17N7.ClH/c1-8-14-5-9(11(13)15-8)6-18-7-10(16-17-18)3-2-4-12;/h5,7H,2-4,6,12H2,1H3,(H2,13,14,15);1H. The number of hydrogen-bond acceptors (Lipinski definition) is 6. The molecule has 0 aliphatic rings. The smallest absolute Gasteiger partial charge is 0.132 e. The summed E-state index contributed by atoms with van der Waals surface area (Å²) in [5, 5.41) is 8.12. The average Bonchev–Trinajstić information content (AvgIpc) is 2.78. The van der Waals surface area contributed by atoms with Crippen molar-refractivity contribution >= 4 is 18.2 Å². The zero-order valence-corrected chi connectivity index (χ0v) is 11.6. The summed E-state index contributed by atoms with van der Waals surface area (Å²) >= 11 is 0. The van der Waals surface area contributed by atoms with E-state index in [9.17, 15) is 0 Å². The van der Waals surface area contributed by atoms with Crippen LogP contribution in [-0.4, -0.2) is 31.5 Å². The maximum Gasteiger partial charge on any atom is 0.132 e. The van der Waals surface area contributed by atoms with Crippen LogP contribution in [-0.2, 0) is 13.0 Å². The molecule has 0 amide bonds. The van der Waals surface area contributed by atoms with Crippen LogP contribution in [0.5, 0.6) is 0 Å². The third-order valence-corrected chi connectivity index (χ3v) is 2.57. The molecule has 2 rings (SSSR count). The van der Waals surface area contributed by atoms with Gasteiger partial charge >= 0.3 is 0 Å². The first-order chi connectivity index (χ1) is 8.69. The van der Waals surface area contributed by atoms with Crippen LogP contribution in [0.2, 0.25) is 0 Å². The number of nitrogens with two attached hydrogens (primary N) is 2. The van der Waals surface area contributed by atoms with Crippen LogP contribution in [0.1, 0.15) is 23.5 Å². The molecule has 0 aliphatic carbocycles. The van der Waals surface area contributed by atoms with Gasteiger partial charge in [-0.1, -0.05) is 5.21 Å². The Bertz CT molecular complexity index is 526. The number of anilines is 1. The van der Waals surface area contributed by atoms with Crippen molar-refractivity contribution in [2.75, 3.05) is 12.3 Å². The minimum Gasteiger partial charge on any atom is -0.383 e. The molecule has 0 saturated carbocycles. The Morgan fingerprint density at radius 1 is 1.37 bits per heavy atom. The SMILES string of the molecule is Cc1ncc(Cn2cc(CCCN)nn2)c(N)n1.Cl. The highest BCUT2D eigenvalue weighted by Crippen LogP contribution is 2.09. The fourth-order valence-corrected chi connectivity index (χ4v) is 1.62. The first-order valence-corrected chi connectivity index (χ1v) is 5.86. The molecule has 0 aromatic carbocycles. The van der Waals surface area contributed by atoms with E-state index in [-0.39, 0.29) is 12.4 Å². The van der Waals surface area contributed by atoms with Crippen LogP contribution in [0.15, 0.2) is 12.4 Å². The first-order valence-electron chi connectivity index (χ1n) is 5.86. The van der Waals surface area contributed by atoms with E-state index in [1.807, 2.05) is 6.20 Å². The predicted molar refractivity (Wildman–Crippen MR) is 74.9 cm³/mol. The maximum absolute atomic E-state index is 5.83. The van der Waals surface area contributed by atoms with Gasteiger partial charge in [0.15, 0.2) is 0 Å². The van der Waals surface area contributed by atoms with Gasteiger partial charge in [0.05, 0.1) is 12.2 Å². The van der Waals surface area contributed by atoms with Crippen molar-refractivity contribution in [2.24, 2.45) is 5.73 Å². The molecule has 0 radical (unpaired) electrons. The second-order valence-electron chi connectivity index (χ2n) is 4.13. The van der Waals surface area contributed by atoms with E-state index in [0.717, 1.165) is 24.1 Å². The molecular formula is C11H18ClN7. The summed E-state index contributed by atoms with van der Waals surface area (Å²) < 4.78 is 1.73. The molecule has 0 bridgehead atoms. The van der Waals surface area contributed by atoms with Gasteiger partial charge in [-0.2, -0.15) is 0 Å². The van der Waals surface area contributed by atoms with Gasteiger partial charge < -0.3 is 11.5 Å². The monoisotopic (exact) mass is 283 g/mol. The number of nitrogens with zero attached hydrogens (tertiary/aromatic N) is 5. The molecule has 7 nitrogen and oxygen atoms in total. The average molecular weight is 284 g/mol. The molecule has 8 heteroatoms. The first kappa shape index (κ1) is 15.3. The highest BCUT2D eigenvalue weighted by atomic mass is 35.5. The normalized spacial score (nSPS) is 10.2. The Balaban J connectivity index is 0.00000180. The minimum atomic E-state index is 0. The Hall–Kier alpha value is -1.73. The molecule has 4 N–H and O–H groups in total. The van der Waals surface area contributed by atoms with Crippen LogP contribution >= 0.6 is 12.4 Å². The van der Waals surface area contributed by atoms with Crippen molar-refractivity contribution in [3.63, 3.8) is 0 Å². The summed E-state index contributed by atoms with van der Waals surface area (Å²) in [7, 11) is 0. The van der Waals surface area contributed by atoms with E-state index in [1.165, 1.54) is 0 Å². The highest BCUT2D eigenvalue weighted by Gasteiger charge is 2.05. The molecule has 19 heavy (non-hydrogen) atoms. The van der Waals surface area contributed by atoms with Crippen LogP contribution in [0.4, 0.5) is 5.82 Å². The van der Waals surface area contributed by atoms with Gasteiger partial charge in [0.2, 0.25) is 0 Å². The Labute approximate surface area is 117 Å². The molecule has 2 aromatic rings. The van der Waals surface area contributed by atoms with Crippen molar-refractivity contribution in [1.82, 2.24) is 25.0 Å². The van der Waals surface area contributed by atoms with Gasteiger partial charge in [0.25, 0.3) is 0 Å². The molecule has 0 atom stereocenters. The van der Waals surface area contributed by atoms with Crippen molar-refractivity contribution < 1.29 is 0 Å². The van der Waals surface area contributed by atoms with Gasteiger partial charge in [-0.05, 0) is 26.3 Å². The third kappa shape index (κ3) is 4.15. The summed E-state index contributed by atoms with van der Waals surface area (Å²) in [6.07, 6.45) is 5.37. The number of halogens is 1. The fourth-order valence-electron chi connectivity index (χ4n) is 1.62. The van der Waals surface area contributed by atoms with E-state index >= 15 is 0 Å². The number of aromatic nitrogens is 5. The van der Waals surface area contributed by atoms with Crippen LogP contribution in [0, 0.1) is 6.92 Å². The van der Waals surface area contributed by atoms with Crippen LogP contribution < -0.4 is 11.5 Å². The quantitative estimate of drug-likeness (QED) is 0.818.